The number of amides is 2. The minimum Gasteiger partial charge on any atom is -0.492 e. The van der Waals surface area contributed by atoms with Crippen LogP contribution >= 0.6 is 0 Å². The summed E-state index contributed by atoms with van der Waals surface area (Å²) in [4.78, 5) is 39.4. The number of H-pyrrole nitrogens is 1. The van der Waals surface area contributed by atoms with Crippen molar-refractivity contribution < 1.29 is 23.5 Å². The first-order valence-electron chi connectivity index (χ1n) is 12.6. The molecule has 1 saturated carbocycles. The van der Waals surface area contributed by atoms with Crippen molar-refractivity contribution in [2.24, 2.45) is 11.8 Å². The smallest absolute Gasteiger partial charge is 0.255 e. The summed E-state index contributed by atoms with van der Waals surface area (Å²) in [6.07, 6.45) is 3.58. The van der Waals surface area contributed by atoms with Gasteiger partial charge in [-0.25, -0.2) is 14.4 Å². The molecule has 2 N–H and O–H groups in total. The SMILES string of the molecule is COCC(=O)N1CC(C)C(NC(=O)c2c(C)[nH]c3c(-c4c(OCC5CC5)ccc(C)c4F)ncnc23)C1. The molecule has 2 aliphatic rings. The summed E-state index contributed by atoms with van der Waals surface area (Å²) in [5.41, 5.74) is 2.95. The highest BCUT2D eigenvalue weighted by atomic mass is 19.1. The molecule has 1 aliphatic heterocycles. The van der Waals surface area contributed by atoms with Gasteiger partial charge in [0, 0.05) is 25.9 Å². The molecule has 37 heavy (non-hydrogen) atoms. The summed E-state index contributed by atoms with van der Waals surface area (Å²) in [6.45, 7) is 6.97. The minimum absolute atomic E-state index is 0.0104. The van der Waals surface area contributed by atoms with E-state index in [1.807, 2.05) is 6.92 Å². The molecule has 2 amide bonds. The highest BCUT2D eigenvalue weighted by Crippen LogP contribution is 2.39. The van der Waals surface area contributed by atoms with Crippen LogP contribution in [0.1, 0.15) is 41.4 Å². The fourth-order valence-electron chi connectivity index (χ4n) is 4.90. The molecule has 9 nitrogen and oxygen atoms in total. The van der Waals surface area contributed by atoms with Gasteiger partial charge in [0.2, 0.25) is 5.91 Å². The van der Waals surface area contributed by atoms with Gasteiger partial charge >= 0.3 is 0 Å². The third kappa shape index (κ3) is 4.90. The molecule has 196 valence electrons. The monoisotopic (exact) mass is 509 g/mol. The van der Waals surface area contributed by atoms with Crippen LogP contribution in [0, 0.1) is 31.5 Å². The van der Waals surface area contributed by atoms with E-state index in [9.17, 15) is 9.59 Å². The number of carbonyl (C=O) groups excluding carboxylic acids is 2. The lowest BCUT2D eigenvalue weighted by Gasteiger charge is -2.17. The van der Waals surface area contributed by atoms with Crippen molar-refractivity contribution in [2.75, 3.05) is 33.4 Å². The largest absolute Gasteiger partial charge is 0.492 e. The Morgan fingerprint density at radius 3 is 2.73 bits per heavy atom. The van der Waals surface area contributed by atoms with Crippen LogP contribution in [0.2, 0.25) is 0 Å². The molecule has 2 unspecified atom stereocenters. The van der Waals surface area contributed by atoms with Gasteiger partial charge < -0.3 is 24.7 Å². The summed E-state index contributed by atoms with van der Waals surface area (Å²) >= 11 is 0. The fourth-order valence-corrected chi connectivity index (χ4v) is 4.90. The number of aryl methyl sites for hydroxylation is 2. The van der Waals surface area contributed by atoms with E-state index < -0.39 is 5.82 Å². The predicted octanol–water partition coefficient (Wildman–Crippen LogP) is 3.39. The normalized spacial score (nSPS) is 19.4. The molecule has 1 aliphatic carbocycles. The number of aromatic nitrogens is 3. The summed E-state index contributed by atoms with van der Waals surface area (Å²) in [5, 5.41) is 3.07. The lowest BCUT2D eigenvalue weighted by Crippen LogP contribution is -2.41. The second-order valence-electron chi connectivity index (χ2n) is 10.2. The van der Waals surface area contributed by atoms with Crippen molar-refractivity contribution in [1.82, 2.24) is 25.2 Å². The van der Waals surface area contributed by atoms with E-state index in [1.54, 1.807) is 30.9 Å². The summed E-state index contributed by atoms with van der Waals surface area (Å²) in [6, 6.07) is 3.25. The van der Waals surface area contributed by atoms with Crippen LogP contribution in [0.15, 0.2) is 18.5 Å². The van der Waals surface area contributed by atoms with Crippen molar-refractivity contribution >= 4 is 22.8 Å². The fraction of sp³-hybridized carbons (Fsp3) is 0.481. The number of nitrogens with zero attached hydrogens (tertiary/aromatic N) is 3. The van der Waals surface area contributed by atoms with E-state index in [1.165, 1.54) is 13.4 Å². The van der Waals surface area contributed by atoms with Crippen LogP contribution in [0.25, 0.3) is 22.3 Å². The predicted molar refractivity (Wildman–Crippen MR) is 136 cm³/mol. The third-order valence-corrected chi connectivity index (χ3v) is 7.25. The summed E-state index contributed by atoms with van der Waals surface area (Å²) in [5.74, 6) is 0.186. The second kappa shape index (κ2) is 10.1. The first kappa shape index (κ1) is 25.1. The van der Waals surface area contributed by atoms with E-state index in [0.717, 1.165) is 12.8 Å². The number of methoxy groups -OCH3 is 1. The van der Waals surface area contributed by atoms with E-state index >= 15 is 4.39 Å². The molecule has 2 aromatic heterocycles. The van der Waals surface area contributed by atoms with Gasteiger partial charge in [0.25, 0.3) is 5.91 Å². The van der Waals surface area contributed by atoms with E-state index in [0.29, 0.717) is 64.9 Å². The van der Waals surface area contributed by atoms with Crippen LogP contribution < -0.4 is 10.1 Å². The zero-order valence-corrected chi connectivity index (χ0v) is 21.6. The molecule has 2 fully saturated rings. The highest BCUT2D eigenvalue weighted by Gasteiger charge is 2.34. The molecular formula is C27H32FN5O4. The van der Waals surface area contributed by atoms with E-state index in [2.05, 4.69) is 20.3 Å². The van der Waals surface area contributed by atoms with Crippen LogP contribution in [0.5, 0.6) is 5.75 Å². The van der Waals surface area contributed by atoms with Gasteiger partial charge in [-0.2, -0.15) is 0 Å². The molecule has 0 bridgehead atoms. The average Bonchev–Trinajstić information content (AvgIpc) is 3.53. The Labute approximate surface area is 214 Å². The molecule has 3 aromatic rings. The molecule has 2 atom stereocenters. The maximum Gasteiger partial charge on any atom is 0.255 e. The molecule has 1 saturated heterocycles. The average molecular weight is 510 g/mol. The lowest BCUT2D eigenvalue weighted by atomic mass is 10.0. The van der Waals surface area contributed by atoms with E-state index in [4.69, 9.17) is 9.47 Å². The molecule has 3 heterocycles. The number of ether oxygens (including phenoxy) is 2. The van der Waals surface area contributed by atoms with Gasteiger partial charge in [0.15, 0.2) is 0 Å². The number of carbonyl (C=O) groups is 2. The molecule has 0 radical (unpaired) electrons. The third-order valence-electron chi connectivity index (χ3n) is 7.25. The number of hydrogen-bond donors (Lipinski definition) is 2. The molecule has 0 spiro atoms. The maximum absolute atomic E-state index is 15.5. The Hall–Kier alpha value is -3.53. The standard InChI is InChI=1S/C27H32FN5O4/c1-14-5-8-19(37-11-17-6-7-17)22(23(14)28)25-26-24(29-13-30-25)21(16(3)31-26)27(35)32-18-10-33(9-15(18)2)20(34)12-36-4/h5,8,13,15,17-18,31H,6-7,9-12H2,1-4H3,(H,32,35). The Morgan fingerprint density at radius 2 is 2.00 bits per heavy atom. The zero-order valence-electron chi connectivity index (χ0n) is 21.6. The highest BCUT2D eigenvalue weighted by molar-refractivity contribution is 6.09. The lowest BCUT2D eigenvalue weighted by molar-refractivity contribution is -0.134. The number of fused-ring (bicyclic) bond motifs is 1. The van der Waals surface area contributed by atoms with Crippen molar-refractivity contribution in [3.8, 4) is 17.0 Å². The van der Waals surface area contributed by atoms with Crippen LogP contribution in [-0.2, 0) is 9.53 Å². The van der Waals surface area contributed by atoms with Gasteiger partial charge in [-0.15, -0.1) is 0 Å². The molecule has 1 aromatic carbocycles. The topological polar surface area (TPSA) is 109 Å². The van der Waals surface area contributed by atoms with Gasteiger partial charge in [0.05, 0.1) is 29.3 Å². The Morgan fingerprint density at radius 1 is 1.22 bits per heavy atom. The van der Waals surface area contributed by atoms with Crippen LogP contribution in [0.4, 0.5) is 4.39 Å². The Bertz CT molecular complexity index is 1350. The van der Waals surface area contributed by atoms with Crippen molar-refractivity contribution in [3.05, 3.63) is 41.1 Å². The van der Waals surface area contributed by atoms with Gasteiger partial charge in [-0.05, 0) is 50.2 Å². The van der Waals surface area contributed by atoms with Crippen LogP contribution in [-0.4, -0.2) is 71.1 Å². The number of benzene rings is 1. The quantitative estimate of drug-likeness (QED) is 0.482. The summed E-state index contributed by atoms with van der Waals surface area (Å²) < 4.78 is 26.4. The number of aromatic amines is 1. The zero-order chi connectivity index (χ0) is 26.3. The van der Waals surface area contributed by atoms with Gasteiger partial charge in [-0.3, -0.25) is 9.59 Å². The van der Waals surface area contributed by atoms with Crippen LogP contribution in [0.3, 0.4) is 0 Å². The number of rotatable bonds is 8. The number of halogens is 1. The Kier molecular flexibility index (Phi) is 6.85. The first-order valence-corrected chi connectivity index (χ1v) is 12.6. The minimum atomic E-state index is -0.410. The first-order chi connectivity index (χ1) is 17.8. The maximum atomic E-state index is 15.5. The van der Waals surface area contributed by atoms with Crippen molar-refractivity contribution in [3.63, 3.8) is 0 Å². The second-order valence-corrected chi connectivity index (χ2v) is 10.2. The Balaban J connectivity index is 1.46. The number of hydrogen-bond acceptors (Lipinski definition) is 6. The van der Waals surface area contributed by atoms with Crippen molar-refractivity contribution in [1.29, 1.82) is 0 Å². The van der Waals surface area contributed by atoms with Gasteiger partial charge in [0.1, 0.15) is 35.7 Å². The number of nitrogens with one attached hydrogen (secondary N) is 2. The molecule has 10 heteroatoms. The molecule has 5 rings (SSSR count). The summed E-state index contributed by atoms with van der Waals surface area (Å²) in [7, 11) is 1.48. The van der Waals surface area contributed by atoms with Gasteiger partial charge in [-0.1, -0.05) is 13.0 Å². The van der Waals surface area contributed by atoms with E-state index in [-0.39, 0.29) is 35.9 Å². The molecular weight excluding hydrogens is 477 g/mol. The number of likely N-dealkylation sites (tertiary alicyclic amines) is 1. The van der Waals surface area contributed by atoms with Crippen molar-refractivity contribution in [2.45, 2.75) is 39.7 Å².